The molecule has 0 atom stereocenters. The predicted octanol–water partition coefficient (Wildman–Crippen LogP) is 5.20. The molecule has 0 aliphatic carbocycles. The maximum atomic E-state index is 4.90. The molecule has 0 radical (unpaired) electrons. The second-order valence-corrected chi connectivity index (χ2v) is 7.49. The van der Waals surface area contributed by atoms with E-state index in [1.165, 1.54) is 0 Å². The summed E-state index contributed by atoms with van der Waals surface area (Å²) in [6, 6.07) is 20.8. The summed E-state index contributed by atoms with van der Waals surface area (Å²) >= 11 is 1.77. The molecule has 4 nitrogen and oxygen atoms in total. The Bertz CT molecular complexity index is 933. The minimum atomic E-state index is 0.965. The Morgan fingerprint density at radius 3 is 2.33 bits per heavy atom. The molecule has 5 heteroatoms. The van der Waals surface area contributed by atoms with E-state index in [1.807, 2.05) is 31.6 Å². The van der Waals surface area contributed by atoms with Crippen molar-refractivity contribution in [2.75, 3.05) is 5.75 Å². The minimum absolute atomic E-state index is 0.965. The minimum Gasteiger partial charge on any atom is -0.338 e. The van der Waals surface area contributed by atoms with Gasteiger partial charge >= 0.3 is 0 Å². The number of hydrogen-bond donors (Lipinski definition) is 1. The lowest BCUT2D eigenvalue weighted by atomic mass is 10.1. The molecule has 27 heavy (non-hydrogen) atoms. The maximum absolute atomic E-state index is 4.90. The van der Waals surface area contributed by atoms with Crippen LogP contribution in [0.3, 0.4) is 0 Å². The lowest BCUT2D eigenvalue weighted by Crippen LogP contribution is -1.98. The van der Waals surface area contributed by atoms with E-state index in [4.69, 9.17) is 4.98 Å². The van der Waals surface area contributed by atoms with Gasteiger partial charge in [-0.25, -0.2) is 9.97 Å². The van der Waals surface area contributed by atoms with Crippen LogP contribution in [0.2, 0.25) is 0 Å². The normalized spacial score (nSPS) is 11.0. The van der Waals surface area contributed by atoms with Crippen LogP contribution in [-0.4, -0.2) is 25.3 Å². The van der Waals surface area contributed by atoms with E-state index in [-0.39, 0.29) is 0 Å². The number of rotatable bonds is 7. The fourth-order valence-corrected chi connectivity index (χ4v) is 3.89. The number of nitrogens with one attached hydrogen (secondary N) is 1. The van der Waals surface area contributed by atoms with E-state index < -0.39 is 0 Å². The van der Waals surface area contributed by atoms with Gasteiger partial charge in [0, 0.05) is 42.7 Å². The van der Waals surface area contributed by atoms with Crippen molar-refractivity contribution in [1.29, 1.82) is 0 Å². The molecule has 0 bridgehead atoms. The SMILES string of the molecule is Cn1ccnc1CCCSc1nc(-c2ccccc2)c(-c2ccccc2)[nH]1. The lowest BCUT2D eigenvalue weighted by Gasteiger charge is -2.02. The molecule has 0 aliphatic heterocycles. The molecule has 4 rings (SSSR count). The standard InChI is InChI=1S/C22H22N4S/c1-26-15-14-23-19(26)13-8-16-27-22-24-20(17-9-4-2-5-10-17)21(25-22)18-11-6-3-7-12-18/h2-7,9-12,14-15H,8,13,16H2,1H3,(H,24,25). The molecule has 0 saturated heterocycles. The molecule has 136 valence electrons. The highest BCUT2D eigenvalue weighted by atomic mass is 32.2. The summed E-state index contributed by atoms with van der Waals surface area (Å²) in [6.45, 7) is 0. The first-order chi connectivity index (χ1) is 13.3. The quantitative estimate of drug-likeness (QED) is 0.357. The second-order valence-electron chi connectivity index (χ2n) is 6.40. The van der Waals surface area contributed by atoms with Gasteiger partial charge < -0.3 is 9.55 Å². The number of hydrogen-bond acceptors (Lipinski definition) is 3. The molecule has 2 aromatic heterocycles. The van der Waals surface area contributed by atoms with Crippen molar-refractivity contribution in [3.8, 4) is 22.5 Å². The van der Waals surface area contributed by atoms with Gasteiger partial charge in [0.2, 0.25) is 0 Å². The van der Waals surface area contributed by atoms with Gasteiger partial charge in [0.25, 0.3) is 0 Å². The average molecular weight is 375 g/mol. The van der Waals surface area contributed by atoms with Gasteiger partial charge in [-0.2, -0.15) is 0 Å². The third-order valence-electron chi connectivity index (χ3n) is 4.50. The smallest absolute Gasteiger partial charge is 0.166 e. The molecule has 4 aromatic rings. The Morgan fingerprint density at radius 1 is 0.963 bits per heavy atom. The first-order valence-corrected chi connectivity index (χ1v) is 10.1. The molecule has 2 heterocycles. The third kappa shape index (κ3) is 4.14. The zero-order chi connectivity index (χ0) is 18.5. The molecule has 1 N–H and O–H groups in total. The van der Waals surface area contributed by atoms with Gasteiger partial charge in [0.1, 0.15) is 5.82 Å². The van der Waals surface area contributed by atoms with Gasteiger partial charge in [-0.05, 0) is 6.42 Å². The van der Waals surface area contributed by atoms with Crippen LogP contribution < -0.4 is 0 Å². The Morgan fingerprint density at radius 2 is 1.67 bits per heavy atom. The maximum Gasteiger partial charge on any atom is 0.166 e. The number of H-pyrrole nitrogens is 1. The summed E-state index contributed by atoms with van der Waals surface area (Å²) in [5, 5.41) is 0.965. The molecular weight excluding hydrogens is 352 g/mol. The highest BCUT2D eigenvalue weighted by molar-refractivity contribution is 7.99. The number of nitrogens with zero attached hydrogens (tertiary/aromatic N) is 3. The van der Waals surface area contributed by atoms with E-state index in [0.29, 0.717) is 0 Å². The summed E-state index contributed by atoms with van der Waals surface area (Å²) in [4.78, 5) is 12.8. The van der Waals surface area contributed by atoms with E-state index in [9.17, 15) is 0 Å². The Kier molecular flexibility index (Phi) is 5.39. The first-order valence-electron chi connectivity index (χ1n) is 9.11. The van der Waals surface area contributed by atoms with Crippen molar-refractivity contribution in [1.82, 2.24) is 19.5 Å². The molecule has 2 aromatic carbocycles. The summed E-state index contributed by atoms with van der Waals surface area (Å²) in [5.41, 5.74) is 4.37. The summed E-state index contributed by atoms with van der Waals surface area (Å²) in [6.07, 6.45) is 5.90. The topological polar surface area (TPSA) is 46.5 Å². The molecule has 0 aliphatic rings. The van der Waals surface area contributed by atoms with Gasteiger partial charge in [-0.3, -0.25) is 0 Å². The summed E-state index contributed by atoms with van der Waals surface area (Å²) in [7, 11) is 2.04. The number of benzene rings is 2. The zero-order valence-corrected chi connectivity index (χ0v) is 16.1. The molecule has 0 fully saturated rings. The van der Waals surface area contributed by atoms with Crippen LogP contribution in [-0.2, 0) is 13.5 Å². The van der Waals surface area contributed by atoms with Gasteiger partial charge in [0.15, 0.2) is 5.16 Å². The van der Waals surface area contributed by atoms with E-state index in [2.05, 4.69) is 63.1 Å². The van der Waals surface area contributed by atoms with Crippen LogP contribution in [0.1, 0.15) is 12.2 Å². The van der Waals surface area contributed by atoms with Crippen LogP contribution in [0.15, 0.2) is 78.2 Å². The van der Waals surface area contributed by atoms with E-state index in [1.54, 1.807) is 11.8 Å². The number of aromatic nitrogens is 4. The average Bonchev–Trinajstić information content (AvgIpc) is 3.33. The predicted molar refractivity (Wildman–Crippen MR) is 112 cm³/mol. The van der Waals surface area contributed by atoms with Crippen LogP contribution in [0.25, 0.3) is 22.5 Å². The van der Waals surface area contributed by atoms with Crippen molar-refractivity contribution >= 4 is 11.8 Å². The summed E-state index contributed by atoms with van der Waals surface area (Å²) < 4.78 is 2.08. The van der Waals surface area contributed by atoms with Crippen molar-refractivity contribution < 1.29 is 0 Å². The van der Waals surface area contributed by atoms with Crippen LogP contribution in [0, 0.1) is 0 Å². The van der Waals surface area contributed by atoms with Gasteiger partial charge in [-0.1, -0.05) is 72.4 Å². The molecule has 0 unspecified atom stereocenters. The largest absolute Gasteiger partial charge is 0.338 e. The Balaban J connectivity index is 1.52. The molecule has 0 amide bonds. The van der Waals surface area contributed by atoms with Gasteiger partial charge in [0.05, 0.1) is 11.4 Å². The fourth-order valence-electron chi connectivity index (χ4n) is 3.08. The fraction of sp³-hybridized carbons (Fsp3) is 0.182. The highest BCUT2D eigenvalue weighted by Gasteiger charge is 2.14. The van der Waals surface area contributed by atoms with E-state index in [0.717, 1.165) is 52.1 Å². The van der Waals surface area contributed by atoms with Crippen molar-refractivity contribution in [2.24, 2.45) is 7.05 Å². The van der Waals surface area contributed by atoms with Crippen molar-refractivity contribution in [3.63, 3.8) is 0 Å². The zero-order valence-electron chi connectivity index (χ0n) is 15.3. The molecular formula is C22H22N4S. The second kappa shape index (κ2) is 8.27. The Labute approximate surface area is 163 Å². The number of imidazole rings is 2. The monoisotopic (exact) mass is 374 g/mol. The van der Waals surface area contributed by atoms with Gasteiger partial charge in [-0.15, -0.1) is 0 Å². The van der Waals surface area contributed by atoms with Crippen molar-refractivity contribution in [3.05, 3.63) is 78.9 Å². The van der Waals surface area contributed by atoms with E-state index >= 15 is 0 Å². The number of aromatic amines is 1. The number of thioether (sulfide) groups is 1. The molecule has 0 spiro atoms. The highest BCUT2D eigenvalue weighted by Crippen LogP contribution is 2.32. The first kappa shape index (κ1) is 17.6. The van der Waals surface area contributed by atoms with Crippen LogP contribution in [0.4, 0.5) is 0 Å². The molecule has 0 saturated carbocycles. The Hall–Kier alpha value is -2.79. The van der Waals surface area contributed by atoms with Crippen LogP contribution >= 0.6 is 11.8 Å². The summed E-state index contributed by atoms with van der Waals surface area (Å²) in [5.74, 6) is 2.13. The third-order valence-corrected chi connectivity index (χ3v) is 5.46. The lowest BCUT2D eigenvalue weighted by molar-refractivity contribution is 0.762. The number of aryl methyl sites for hydroxylation is 2. The van der Waals surface area contributed by atoms with Crippen molar-refractivity contribution in [2.45, 2.75) is 18.0 Å². The van der Waals surface area contributed by atoms with Crippen LogP contribution in [0.5, 0.6) is 0 Å².